The molecule has 0 aliphatic rings. The van der Waals surface area contributed by atoms with Crippen LogP contribution in [-0.4, -0.2) is 43.0 Å². The Kier molecular flexibility index (Phi) is 18.5. The number of nitrogens with zero attached hydrogens (tertiary/aromatic N) is 3. The van der Waals surface area contributed by atoms with Gasteiger partial charge in [-0.3, -0.25) is 4.79 Å². The molecule has 0 spiro atoms. The minimum absolute atomic E-state index is 0.132. The van der Waals surface area contributed by atoms with Gasteiger partial charge in [-0.15, -0.1) is 0 Å². The summed E-state index contributed by atoms with van der Waals surface area (Å²) in [5, 5.41) is 12.4. The molecule has 1 N–H and O–H groups in total. The van der Waals surface area contributed by atoms with E-state index in [1.54, 1.807) is 0 Å². The fourth-order valence-corrected chi connectivity index (χ4v) is 2.80. The van der Waals surface area contributed by atoms with E-state index < -0.39 is 6.04 Å². The Balaban J connectivity index is 3.68. The molecule has 158 valence electrons. The predicted octanol–water partition coefficient (Wildman–Crippen LogP) is 5.31. The van der Waals surface area contributed by atoms with E-state index >= 15 is 0 Å². The number of carbonyl (C=O) groups is 1. The topological polar surface area (TPSA) is 105 Å². The third kappa shape index (κ3) is 16.6. The lowest BCUT2D eigenvalue weighted by atomic mass is 10.1. The highest BCUT2D eigenvalue weighted by atomic mass is 16.5. The molecule has 2 atom stereocenters. The van der Waals surface area contributed by atoms with Crippen molar-refractivity contribution in [2.24, 2.45) is 5.11 Å². The molecule has 0 rings (SSSR count). The quantitative estimate of drug-likeness (QED) is 0.107. The zero-order valence-electron chi connectivity index (χ0n) is 17.3. The van der Waals surface area contributed by atoms with Crippen molar-refractivity contribution in [3.8, 4) is 0 Å². The Labute approximate surface area is 164 Å². The molecular weight excluding hydrogens is 346 g/mol. The largest absolute Gasteiger partial charge is 0.462 e. The number of carbonyl (C=O) groups excluding carboxylic acids is 1. The van der Waals surface area contributed by atoms with Crippen LogP contribution in [0.2, 0.25) is 0 Å². The van der Waals surface area contributed by atoms with Gasteiger partial charge in [-0.05, 0) is 18.4 Å². The van der Waals surface area contributed by atoms with Crippen LogP contribution in [0.15, 0.2) is 5.11 Å². The van der Waals surface area contributed by atoms with E-state index in [9.17, 15) is 4.79 Å². The number of azide groups is 1. The Hall–Kier alpha value is -1.30. The standard InChI is InChI=1S/C20H39N3O4/c1-3-5-6-7-8-9-10-11-12-13-20(25)27-19(4-2)14-15-26-17-18(16-24)22-23-21/h18-19,24H,3-17H2,1-2H3. The van der Waals surface area contributed by atoms with E-state index in [4.69, 9.17) is 20.1 Å². The van der Waals surface area contributed by atoms with Crippen molar-refractivity contribution in [3.63, 3.8) is 0 Å². The monoisotopic (exact) mass is 385 g/mol. The maximum Gasteiger partial charge on any atom is 0.306 e. The van der Waals surface area contributed by atoms with Crippen molar-refractivity contribution in [2.75, 3.05) is 19.8 Å². The van der Waals surface area contributed by atoms with Gasteiger partial charge in [-0.25, -0.2) is 0 Å². The Morgan fingerprint density at radius 2 is 1.70 bits per heavy atom. The van der Waals surface area contributed by atoms with Gasteiger partial charge in [-0.1, -0.05) is 70.3 Å². The Morgan fingerprint density at radius 3 is 2.26 bits per heavy atom. The second-order valence-corrected chi connectivity index (χ2v) is 7.00. The summed E-state index contributed by atoms with van der Waals surface area (Å²) in [5.41, 5.74) is 8.35. The minimum atomic E-state index is -0.565. The SMILES string of the molecule is CCCCCCCCCCCC(=O)OC(CC)CCOCC(CO)N=[N+]=[N-]. The van der Waals surface area contributed by atoms with Crippen LogP contribution in [0.1, 0.15) is 90.9 Å². The molecule has 0 fully saturated rings. The number of rotatable bonds is 19. The highest BCUT2D eigenvalue weighted by Gasteiger charge is 2.13. The molecule has 0 saturated heterocycles. The summed E-state index contributed by atoms with van der Waals surface area (Å²) < 4.78 is 10.9. The van der Waals surface area contributed by atoms with Crippen LogP contribution >= 0.6 is 0 Å². The van der Waals surface area contributed by atoms with Crippen LogP contribution < -0.4 is 0 Å². The first-order valence-corrected chi connectivity index (χ1v) is 10.6. The lowest BCUT2D eigenvalue weighted by molar-refractivity contribution is -0.150. The number of unbranched alkanes of at least 4 members (excludes halogenated alkanes) is 8. The second-order valence-electron chi connectivity index (χ2n) is 7.00. The minimum Gasteiger partial charge on any atom is -0.462 e. The van der Waals surface area contributed by atoms with Crippen molar-refractivity contribution in [1.82, 2.24) is 0 Å². The average Bonchev–Trinajstić information content (AvgIpc) is 2.68. The summed E-state index contributed by atoms with van der Waals surface area (Å²) >= 11 is 0. The normalized spacial score (nSPS) is 13.0. The first kappa shape index (κ1) is 25.7. The van der Waals surface area contributed by atoms with Gasteiger partial charge in [0.2, 0.25) is 0 Å². The summed E-state index contributed by atoms with van der Waals surface area (Å²) in [7, 11) is 0. The summed E-state index contributed by atoms with van der Waals surface area (Å²) in [5.74, 6) is -0.132. The Morgan fingerprint density at radius 1 is 1.07 bits per heavy atom. The van der Waals surface area contributed by atoms with Crippen molar-refractivity contribution < 1.29 is 19.4 Å². The lowest BCUT2D eigenvalue weighted by Gasteiger charge is -2.17. The third-order valence-corrected chi connectivity index (χ3v) is 4.56. The van der Waals surface area contributed by atoms with Gasteiger partial charge in [0.1, 0.15) is 6.10 Å². The molecule has 0 bridgehead atoms. The number of ether oxygens (including phenoxy) is 2. The van der Waals surface area contributed by atoms with Crippen LogP contribution in [0, 0.1) is 0 Å². The second kappa shape index (κ2) is 19.5. The smallest absolute Gasteiger partial charge is 0.306 e. The number of esters is 1. The maximum absolute atomic E-state index is 11.9. The van der Waals surface area contributed by atoms with E-state index in [-0.39, 0.29) is 25.3 Å². The molecule has 0 saturated carbocycles. The molecule has 7 nitrogen and oxygen atoms in total. The van der Waals surface area contributed by atoms with Crippen molar-refractivity contribution >= 4 is 5.97 Å². The maximum atomic E-state index is 11.9. The molecule has 0 amide bonds. The van der Waals surface area contributed by atoms with Crippen LogP contribution in [0.25, 0.3) is 10.4 Å². The third-order valence-electron chi connectivity index (χ3n) is 4.56. The van der Waals surface area contributed by atoms with Gasteiger partial charge in [0.15, 0.2) is 0 Å². The van der Waals surface area contributed by atoms with Crippen molar-refractivity contribution in [1.29, 1.82) is 0 Å². The zero-order chi connectivity index (χ0) is 20.2. The van der Waals surface area contributed by atoms with Crippen LogP contribution in [0.3, 0.4) is 0 Å². The molecule has 0 aromatic rings. The highest BCUT2D eigenvalue weighted by Crippen LogP contribution is 2.12. The number of aliphatic hydroxyl groups is 1. The fraction of sp³-hybridized carbons (Fsp3) is 0.950. The number of aliphatic hydroxyl groups excluding tert-OH is 1. The average molecular weight is 386 g/mol. The molecule has 0 aliphatic carbocycles. The fourth-order valence-electron chi connectivity index (χ4n) is 2.80. The van der Waals surface area contributed by atoms with Gasteiger partial charge in [-0.2, -0.15) is 0 Å². The molecule has 27 heavy (non-hydrogen) atoms. The number of hydrogen-bond donors (Lipinski definition) is 1. The Bertz CT molecular complexity index is 401. The first-order chi connectivity index (χ1) is 13.2. The summed E-state index contributed by atoms with van der Waals surface area (Å²) in [4.78, 5) is 14.6. The molecule has 7 heteroatoms. The van der Waals surface area contributed by atoms with E-state index in [0.29, 0.717) is 19.4 Å². The van der Waals surface area contributed by atoms with E-state index in [0.717, 1.165) is 19.3 Å². The molecule has 0 aromatic carbocycles. The predicted molar refractivity (Wildman–Crippen MR) is 107 cm³/mol. The van der Waals surface area contributed by atoms with Crippen LogP contribution in [0.5, 0.6) is 0 Å². The summed E-state index contributed by atoms with van der Waals surface area (Å²) in [6.07, 6.45) is 12.7. The van der Waals surface area contributed by atoms with Gasteiger partial charge in [0.05, 0.1) is 25.9 Å². The molecule has 0 aliphatic heterocycles. The highest BCUT2D eigenvalue weighted by molar-refractivity contribution is 5.69. The van der Waals surface area contributed by atoms with Gasteiger partial charge in [0, 0.05) is 17.8 Å². The molecule has 2 unspecified atom stereocenters. The van der Waals surface area contributed by atoms with E-state index in [1.807, 2.05) is 6.92 Å². The van der Waals surface area contributed by atoms with Crippen molar-refractivity contribution in [3.05, 3.63) is 10.4 Å². The van der Waals surface area contributed by atoms with Gasteiger partial charge >= 0.3 is 5.97 Å². The molecule has 0 radical (unpaired) electrons. The van der Waals surface area contributed by atoms with Crippen LogP contribution in [0.4, 0.5) is 0 Å². The number of hydrogen-bond acceptors (Lipinski definition) is 5. The van der Waals surface area contributed by atoms with Crippen molar-refractivity contribution in [2.45, 2.75) is 103 Å². The zero-order valence-corrected chi connectivity index (χ0v) is 17.3. The van der Waals surface area contributed by atoms with Gasteiger partial charge < -0.3 is 14.6 Å². The molecular formula is C20H39N3O4. The van der Waals surface area contributed by atoms with E-state index in [1.165, 1.54) is 44.9 Å². The summed E-state index contributed by atoms with van der Waals surface area (Å²) in [6, 6.07) is -0.565. The van der Waals surface area contributed by atoms with E-state index in [2.05, 4.69) is 16.9 Å². The van der Waals surface area contributed by atoms with Crippen LogP contribution in [-0.2, 0) is 14.3 Å². The molecule has 0 aromatic heterocycles. The summed E-state index contributed by atoms with van der Waals surface area (Å²) in [6.45, 7) is 4.54. The van der Waals surface area contributed by atoms with Gasteiger partial charge in [0.25, 0.3) is 0 Å². The first-order valence-electron chi connectivity index (χ1n) is 10.6. The lowest BCUT2D eigenvalue weighted by Crippen LogP contribution is -2.22. The molecule has 0 heterocycles.